The summed E-state index contributed by atoms with van der Waals surface area (Å²) >= 11 is 0. The third-order valence-electron chi connectivity index (χ3n) is 3.89. The first-order valence-electron chi connectivity index (χ1n) is 6.54. The van der Waals surface area contributed by atoms with Gasteiger partial charge in [-0.1, -0.05) is 25.1 Å². The zero-order valence-corrected chi connectivity index (χ0v) is 11.3. The molecule has 98 valence electrons. The first-order chi connectivity index (χ1) is 8.45. The summed E-state index contributed by atoms with van der Waals surface area (Å²) in [4.78, 5) is 13.4. The minimum absolute atomic E-state index is 0.0890. The number of carboxylic acids is 1. The van der Waals surface area contributed by atoms with E-state index in [9.17, 15) is 9.90 Å². The Bertz CT molecular complexity index is 454. The molecular weight excluding hydrogens is 226 g/mol. The van der Waals surface area contributed by atoms with Gasteiger partial charge in [-0.25, -0.2) is 0 Å². The molecule has 1 aromatic carbocycles. The first-order valence-corrected chi connectivity index (χ1v) is 6.54. The number of carboxylic acid groups (broad SMARTS) is 1. The minimum atomic E-state index is -0.681. The first kappa shape index (κ1) is 12.9. The second kappa shape index (κ2) is 4.63. The van der Waals surface area contributed by atoms with Crippen molar-refractivity contribution in [3.63, 3.8) is 0 Å². The number of aryl methyl sites for hydroxylation is 1. The molecule has 3 nitrogen and oxygen atoms in total. The third-order valence-corrected chi connectivity index (χ3v) is 3.89. The maximum atomic E-state index is 11.2. The van der Waals surface area contributed by atoms with Crippen LogP contribution < -0.4 is 4.90 Å². The van der Waals surface area contributed by atoms with E-state index in [4.69, 9.17) is 0 Å². The van der Waals surface area contributed by atoms with Gasteiger partial charge in [0.15, 0.2) is 0 Å². The summed E-state index contributed by atoms with van der Waals surface area (Å²) in [5, 5.41) is 9.21. The van der Waals surface area contributed by atoms with Crippen LogP contribution in [0.25, 0.3) is 0 Å². The van der Waals surface area contributed by atoms with Gasteiger partial charge < -0.3 is 10.0 Å². The normalized spacial score (nSPS) is 22.2. The Morgan fingerprint density at radius 2 is 2.11 bits per heavy atom. The lowest BCUT2D eigenvalue weighted by Crippen LogP contribution is -2.38. The predicted molar refractivity (Wildman–Crippen MR) is 73.0 cm³/mol. The zero-order valence-electron chi connectivity index (χ0n) is 11.3. The van der Waals surface area contributed by atoms with Crippen molar-refractivity contribution in [3.8, 4) is 0 Å². The molecule has 18 heavy (non-hydrogen) atoms. The van der Waals surface area contributed by atoms with Crippen molar-refractivity contribution in [2.75, 3.05) is 11.4 Å². The van der Waals surface area contributed by atoms with Gasteiger partial charge in [0.2, 0.25) is 0 Å². The molecule has 1 aliphatic rings. The van der Waals surface area contributed by atoms with Gasteiger partial charge in [0, 0.05) is 17.8 Å². The quantitative estimate of drug-likeness (QED) is 0.892. The van der Waals surface area contributed by atoms with E-state index in [2.05, 4.69) is 37.8 Å². The molecule has 1 aliphatic heterocycles. The highest BCUT2D eigenvalue weighted by Gasteiger charge is 2.42. The Labute approximate surface area is 108 Å². The van der Waals surface area contributed by atoms with E-state index in [-0.39, 0.29) is 11.5 Å². The molecule has 0 radical (unpaired) electrons. The molecule has 0 amide bonds. The van der Waals surface area contributed by atoms with E-state index >= 15 is 0 Å². The van der Waals surface area contributed by atoms with Gasteiger partial charge >= 0.3 is 5.97 Å². The van der Waals surface area contributed by atoms with Crippen LogP contribution in [0.2, 0.25) is 0 Å². The number of hydrogen-bond donors (Lipinski definition) is 1. The van der Waals surface area contributed by atoms with Crippen LogP contribution in [0.1, 0.15) is 32.8 Å². The van der Waals surface area contributed by atoms with Gasteiger partial charge in [-0.05, 0) is 38.3 Å². The van der Waals surface area contributed by atoms with Gasteiger partial charge in [-0.3, -0.25) is 4.79 Å². The molecule has 0 bridgehead atoms. The van der Waals surface area contributed by atoms with Crippen molar-refractivity contribution >= 4 is 11.7 Å². The average Bonchev–Trinajstić information content (AvgIpc) is 2.65. The van der Waals surface area contributed by atoms with Crippen LogP contribution in [0.3, 0.4) is 0 Å². The van der Waals surface area contributed by atoms with Crippen LogP contribution in [0.4, 0.5) is 5.69 Å². The number of para-hydroxylation sites is 1. The van der Waals surface area contributed by atoms with Crippen molar-refractivity contribution in [1.82, 2.24) is 0 Å². The lowest BCUT2D eigenvalue weighted by molar-refractivity contribution is -0.141. The summed E-state index contributed by atoms with van der Waals surface area (Å²) in [6.07, 6.45) is 1.68. The topological polar surface area (TPSA) is 40.5 Å². The molecule has 1 heterocycles. The van der Waals surface area contributed by atoms with E-state index in [0.717, 1.165) is 6.42 Å². The molecule has 1 aromatic rings. The fourth-order valence-corrected chi connectivity index (χ4v) is 2.91. The zero-order chi connectivity index (χ0) is 13.3. The number of nitrogens with zero attached hydrogens (tertiary/aromatic N) is 1. The largest absolute Gasteiger partial charge is 0.481 e. The van der Waals surface area contributed by atoms with Crippen molar-refractivity contribution in [3.05, 3.63) is 29.8 Å². The molecule has 1 atom stereocenters. The summed E-state index contributed by atoms with van der Waals surface area (Å²) in [5.74, 6) is -0.940. The SMILES string of the molecule is CCc1ccccc1N1CC(C(=O)O)CC1(C)C. The Kier molecular flexibility index (Phi) is 3.33. The van der Waals surface area contributed by atoms with Crippen molar-refractivity contribution in [2.24, 2.45) is 5.92 Å². The molecule has 3 heteroatoms. The minimum Gasteiger partial charge on any atom is -0.481 e. The molecule has 0 saturated carbocycles. The standard InChI is InChI=1S/C15H21NO2/c1-4-11-7-5-6-8-13(11)16-10-12(14(17)18)9-15(16,2)3/h5-8,12H,4,9-10H2,1-3H3,(H,17,18). The molecule has 1 fully saturated rings. The summed E-state index contributed by atoms with van der Waals surface area (Å²) in [7, 11) is 0. The number of carbonyl (C=O) groups is 1. The number of benzene rings is 1. The monoisotopic (exact) mass is 247 g/mol. The molecule has 1 saturated heterocycles. The van der Waals surface area contributed by atoms with Crippen molar-refractivity contribution in [1.29, 1.82) is 0 Å². The lowest BCUT2D eigenvalue weighted by Gasteiger charge is -2.35. The highest BCUT2D eigenvalue weighted by molar-refractivity contribution is 5.73. The van der Waals surface area contributed by atoms with Gasteiger partial charge in [0.1, 0.15) is 0 Å². The smallest absolute Gasteiger partial charge is 0.308 e. The fourth-order valence-electron chi connectivity index (χ4n) is 2.91. The van der Waals surface area contributed by atoms with E-state index < -0.39 is 5.97 Å². The summed E-state index contributed by atoms with van der Waals surface area (Å²) in [6, 6.07) is 8.29. The van der Waals surface area contributed by atoms with Gasteiger partial charge in [-0.2, -0.15) is 0 Å². The molecule has 0 spiro atoms. The van der Waals surface area contributed by atoms with Crippen LogP contribution in [-0.2, 0) is 11.2 Å². The van der Waals surface area contributed by atoms with E-state index in [1.54, 1.807) is 0 Å². The Balaban J connectivity index is 2.35. The maximum absolute atomic E-state index is 11.2. The fraction of sp³-hybridized carbons (Fsp3) is 0.533. The maximum Gasteiger partial charge on any atom is 0.308 e. The highest BCUT2D eigenvalue weighted by Crippen LogP contribution is 2.38. The number of aliphatic carboxylic acids is 1. The van der Waals surface area contributed by atoms with E-state index in [0.29, 0.717) is 13.0 Å². The Hall–Kier alpha value is -1.51. The van der Waals surface area contributed by atoms with Crippen molar-refractivity contribution in [2.45, 2.75) is 39.2 Å². The lowest BCUT2D eigenvalue weighted by atomic mass is 9.96. The van der Waals surface area contributed by atoms with E-state index in [1.807, 2.05) is 12.1 Å². The second-order valence-corrected chi connectivity index (χ2v) is 5.64. The highest BCUT2D eigenvalue weighted by atomic mass is 16.4. The van der Waals surface area contributed by atoms with Crippen LogP contribution in [-0.4, -0.2) is 23.2 Å². The summed E-state index contributed by atoms with van der Waals surface area (Å²) < 4.78 is 0. The van der Waals surface area contributed by atoms with Crippen LogP contribution in [0.5, 0.6) is 0 Å². The second-order valence-electron chi connectivity index (χ2n) is 5.64. The van der Waals surface area contributed by atoms with Crippen molar-refractivity contribution < 1.29 is 9.90 Å². The Morgan fingerprint density at radius 1 is 1.44 bits per heavy atom. The number of hydrogen-bond acceptors (Lipinski definition) is 2. The van der Waals surface area contributed by atoms with Gasteiger partial charge in [-0.15, -0.1) is 0 Å². The molecule has 1 N–H and O–H groups in total. The number of anilines is 1. The Morgan fingerprint density at radius 3 is 2.67 bits per heavy atom. The van der Waals surface area contributed by atoms with Gasteiger partial charge in [0.25, 0.3) is 0 Å². The summed E-state index contributed by atoms with van der Waals surface area (Å²) in [6.45, 7) is 7.00. The van der Waals surface area contributed by atoms with Crippen LogP contribution >= 0.6 is 0 Å². The molecule has 0 aromatic heterocycles. The third kappa shape index (κ3) is 2.22. The summed E-state index contributed by atoms with van der Waals surface area (Å²) in [5.41, 5.74) is 2.39. The average molecular weight is 247 g/mol. The predicted octanol–water partition coefficient (Wildman–Crippen LogP) is 2.94. The molecule has 0 aliphatic carbocycles. The number of rotatable bonds is 3. The molecule has 1 unspecified atom stereocenters. The van der Waals surface area contributed by atoms with E-state index in [1.165, 1.54) is 11.3 Å². The van der Waals surface area contributed by atoms with Crippen LogP contribution in [0, 0.1) is 5.92 Å². The molecular formula is C15H21NO2. The van der Waals surface area contributed by atoms with Gasteiger partial charge in [0.05, 0.1) is 5.92 Å². The molecule has 2 rings (SSSR count). The van der Waals surface area contributed by atoms with Crippen LogP contribution in [0.15, 0.2) is 24.3 Å².